The highest BCUT2D eigenvalue weighted by Gasteiger charge is 1.74. The Labute approximate surface area is 68.9 Å². The zero-order chi connectivity index (χ0) is 8.69. The van der Waals surface area contributed by atoms with E-state index in [2.05, 4.69) is 0 Å². The Morgan fingerprint density at radius 1 is 1.18 bits per heavy atom. The largest absolute Gasteiger partial charge is 0.503 e. The lowest BCUT2D eigenvalue weighted by molar-refractivity contribution is 0.137. The SMILES string of the molecule is Clc1ccccc1.O=C(O)O. The molecule has 0 saturated heterocycles. The number of hydrogen-bond acceptors (Lipinski definition) is 1. The van der Waals surface area contributed by atoms with E-state index < -0.39 is 6.16 Å². The lowest BCUT2D eigenvalue weighted by Crippen LogP contribution is -1.81. The topological polar surface area (TPSA) is 57.5 Å². The molecule has 1 rings (SSSR count). The van der Waals surface area contributed by atoms with Crippen LogP contribution in [0.2, 0.25) is 5.02 Å². The van der Waals surface area contributed by atoms with E-state index in [1.165, 1.54) is 0 Å². The first-order chi connectivity index (χ1) is 5.13. The van der Waals surface area contributed by atoms with Crippen LogP contribution in [0.1, 0.15) is 0 Å². The van der Waals surface area contributed by atoms with Crippen LogP contribution in [0.25, 0.3) is 0 Å². The average molecular weight is 175 g/mol. The monoisotopic (exact) mass is 174 g/mol. The summed E-state index contributed by atoms with van der Waals surface area (Å²) in [7, 11) is 0. The standard InChI is InChI=1S/C6H5Cl.CH2O3/c7-6-4-2-1-3-5-6;2-1(3)4/h1-5H;(H2,2,3,4). The van der Waals surface area contributed by atoms with Crippen molar-refractivity contribution in [3.63, 3.8) is 0 Å². The van der Waals surface area contributed by atoms with Gasteiger partial charge in [-0.1, -0.05) is 29.8 Å². The van der Waals surface area contributed by atoms with Crippen molar-refractivity contribution in [3.05, 3.63) is 35.4 Å². The molecule has 0 spiro atoms. The van der Waals surface area contributed by atoms with Gasteiger partial charge in [-0.2, -0.15) is 0 Å². The Hall–Kier alpha value is -1.22. The average Bonchev–Trinajstić information content (AvgIpc) is 1.87. The molecule has 0 heterocycles. The molecule has 0 amide bonds. The minimum atomic E-state index is -1.83. The van der Waals surface area contributed by atoms with Gasteiger partial charge in [-0.05, 0) is 12.1 Å². The van der Waals surface area contributed by atoms with Crippen LogP contribution in [0.5, 0.6) is 0 Å². The van der Waals surface area contributed by atoms with Crippen molar-refractivity contribution in [1.82, 2.24) is 0 Å². The molecule has 4 heteroatoms. The van der Waals surface area contributed by atoms with Crippen LogP contribution in [-0.4, -0.2) is 16.4 Å². The summed E-state index contributed by atoms with van der Waals surface area (Å²) in [6.45, 7) is 0. The lowest BCUT2D eigenvalue weighted by Gasteiger charge is -1.80. The van der Waals surface area contributed by atoms with Gasteiger partial charge in [0.15, 0.2) is 0 Å². The molecule has 0 aliphatic rings. The third-order valence-corrected chi connectivity index (χ3v) is 0.985. The summed E-state index contributed by atoms with van der Waals surface area (Å²) in [4.78, 5) is 8.56. The van der Waals surface area contributed by atoms with Gasteiger partial charge in [-0.3, -0.25) is 0 Å². The molecule has 0 aliphatic heterocycles. The molecular weight excluding hydrogens is 168 g/mol. The van der Waals surface area contributed by atoms with Gasteiger partial charge in [0.25, 0.3) is 0 Å². The van der Waals surface area contributed by atoms with Crippen molar-refractivity contribution in [1.29, 1.82) is 0 Å². The fourth-order valence-corrected chi connectivity index (χ4v) is 0.560. The Bertz CT molecular complexity index is 206. The predicted molar refractivity (Wildman–Crippen MR) is 42.1 cm³/mol. The normalized spacial score (nSPS) is 7.73. The third kappa shape index (κ3) is 8.78. The quantitative estimate of drug-likeness (QED) is 0.636. The number of benzene rings is 1. The van der Waals surface area contributed by atoms with Crippen LogP contribution in [0.4, 0.5) is 4.79 Å². The van der Waals surface area contributed by atoms with Gasteiger partial charge < -0.3 is 10.2 Å². The lowest BCUT2D eigenvalue weighted by atomic mass is 10.4. The van der Waals surface area contributed by atoms with E-state index in [9.17, 15) is 0 Å². The molecule has 0 fully saturated rings. The van der Waals surface area contributed by atoms with E-state index in [1.54, 1.807) is 0 Å². The van der Waals surface area contributed by atoms with Gasteiger partial charge in [0.05, 0.1) is 0 Å². The maximum atomic E-state index is 8.56. The van der Waals surface area contributed by atoms with Gasteiger partial charge in [0, 0.05) is 5.02 Å². The zero-order valence-electron chi connectivity index (χ0n) is 5.57. The molecule has 1 aromatic rings. The van der Waals surface area contributed by atoms with Crippen LogP contribution in [0, 0.1) is 0 Å². The van der Waals surface area contributed by atoms with Crippen molar-refractivity contribution >= 4 is 17.8 Å². The Morgan fingerprint density at radius 3 is 1.73 bits per heavy atom. The number of carbonyl (C=O) groups is 1. The van der Waals surface area contributed by atoms with Crippen LogP contribution in [-0.2, 0) is 0 Å². The maximum absolute atomic E-state index is 8.56. The number of hydrogen-bond donors (Lipinski definition) is 2. The second kappa shape index (κ2) is 5.56. The highest BCUT2D eigenvalue weighted by atomic mass is 35.5. The van der Waals surface area contributed by atoms with Crippen molar-refractivity contribution in [2.75, 3.05) is 0 Å². The number of carboxylic acid groups (broad SMARTS) is 2. The highest BCUT2D eigenvalue weighted by Crippen LogP contribution is 2.03. The molecule has 0 atom stereocenters. The molecule has 60 valence electrons. The van der Waals surface area contributed by atoms with E-state index >= 15 is 0 Å². The van der Waals surface area contributed by atoms with Crippen molar-refractivity contribution in [3.8, 4) is 0 Å². The van der Waals surface area contributed by atoms with E-state index in [4.69, 9.17) is 26.6 Å². The van der Waals surface area contributed by atoms with Gasteiger partial charge in [-0.15, -0.1) is 0 Å². The summed E-state index contributed by atoms with van der Waals surface area (Å²) in [6, 6.07) is 9.44. The number of halogens is 1. The summed E-state index contributed by atoms with van der Waals surface area (Å²) in [5.74, 6) is 0. The van der Waals surface area contributed by atoms with Crippen LogP contribution >= 0.6 is 11.6 Å². The molecule has 0 bridgehead atoms. The first kappa shape index (κ1) is 9.78. The third-order valence-electron chi connectivity index (χ3n) is 0.733. The summed E-state index contributed by atoms with van der Waals surface area (Å²) < 4.78 is 0. The minimum absolute atomic E-state index is 0.794. The minimum Gasteiger partial charge on any atom is -0.450 e. The molecule has 0 unspecified atom stereocenters. The molecule has 3 nitrogen and oxygen atoms in total. The molecule has 0 aromatic heterocycles. The second-order valence-electron chi connectivity index (χ2n) is 1.58. The maximum Gasteiger partial charge on any atom is 0.503 e. The van der Waals surface area contributed by atoms with Crippen LogP contribution in [0.15, 0.2) is 30.3 Å². The highest BCUT2D eigenvalue weighted by molar-refractivity contribution is 6.30. The van der Waals surface area contributed by atoms with Gasteiger partial charge in [-0.25, -0.2) is 4.79 Å². The summed E-state index contributed by atoms with van der Waals surface area (Å²) in [6.07, 6.45) is -1.83. The summed E-state index contributed by atoms with van der Waals surface area (Å²) >= 11 is 5.54. The van der Waals surface area contributed by atoms with E-state index in [1.807, 2.05) is 30.3 Å². The van der Waals surface area contributed by atoms with Gasteiger partial charge in [0.2, 0.25) is 0 Å². The molecule has 0 saturated carbocycles. The van der Waals surface area contributed by atoms with Crippen LogP contribution in [0.3, 0.4) is 0 Å². The van der Waals surface area contributed by atoms with Crippen LogP contribution < -0.4 is 0 Å². The van der Waals surface area contributed by atoms with Gasteiger partial charge >= 0.3 is 6.16 Å². The molecule has 1 aromatic carbocycles. The first-order valence-electron chi connectivity index (χ1n) is 2.75. The Kier molecular flexibility index (Phi) is 4.94. The summed E-state index contributed by atoms with van der Waals surface area (Å²) in [5.41, 5.74) is 0. The molecule has 0 aliphatic carbocycles. The predicted octanol–water partition coefficient (Wildman–Crippen LogP) is 2.56. The Balaban J connectivity index is 0.000000218. The van der Waals surface area contributed by atoms with Gasteiger partial charge in [0.1, 0.15) is 0 Å². The smallest absolute Gasteiger partial charge is 0.450 e. The second-order valence-corrected chi connectivity index (χ2v) is 2.01. The van der Waals surface area contributed by atoms with Crippen molar-refractivity contribution < 1.29 is 15.0 Å². The van der Waals surface area contributed by atoms with Crippen molar-refractivity contribution in [2.45, 2.75) is 0 Å². The molecular formula is C7H7ClO3. The van der Waals surface area contributed by atoms with Crippen molar-refractivity contribution in [2.24, 2.45) is 0 Å². The number of rotatable bonds is 0. The molecule has 2 N–H and O–H groups in total. The zero-order valence-corrected chi connectivity index (χ0v) is 6.32. The summed E-state index contributed by atoms with van der Waals surface area (Å²) in [5, 5.41) is 14.7. The van der Waals surface area contributed by atoms with E-state index in [0.717, 1.165) is 5.02 Å². The fraction of sp³-hybridized carbons (Fsp3) is 0. The van der Waals surface area contributed by atoms with E-state index in [-0.39, 0.29) is 0 Å². The van der Waals surface area contributed by atoms with E-state index in [0.29, 0.717) is 0 Å². The Morgan fingerprint density at radius 2 is 1.55 bits per heavy atom. The fourth-order valence-electron chi connectivity index (χ4n) is 0.415. The first-order valence-corrected chi connectivity index (χ1v) is 3.13. The molecule has 0 radical (unpaired) electrons. The molecule has 11 heavy (non-hydrogen) atoms.